The molecule has 0 aromatic heterocycles. The predicted octanol–water partition coefficient (Wildman–Crippen LogP) is 3.38. The van der Waals surface area contributed by atoms with Gasteiger partial charge in [0.2, 0.25) is 5.91 Å². The lowest BCUT2D eigenvalue weighted by molar-refractivity contribution is -0.384. The highest BCUT2D eigenvalue weighted by atomic mass is 19.4. The maximum atomic E-state index is 12.9. The van der Waals surface area contributed by atoms with E-state index in [-0.39, 0.29) is 23.8 Å². The zero-order chi connectivity index (χ0) is 23.3. The Balaban J connectivity index is 1.51. The Hall–Kier alpha value is -3.18. The third-order valence-corrected chi connectivity index (χ3v) is 5.17. The van der Waals surface area contributed by atoms with E-state index in [2.05, 4.69) is 5.32 Å². The fourth-order valence-corrected chi connectivity index (χ4v) is 3.50. The van der Waals surface area contributed by atoms with Crippen molar-refractivity contribution >= 4 is 17.3 Å². The maximum Gasteiger partial charge on any atom is 0.416 e. The average molecular weight is 452 g/mol. The molecule has 1 aliphatic rings. The van der Waals surface area contributed by atoms with Gasteiger partial charge in [-0.2, -0.15) is 13.2 Å². The van der Waals surface area contributed by atoms with Crippen LogP contribution >= 0.6 is 0 Å². The van der Waals surface area contributed by atoms with Gasteiger partial charge in [0.1, 0.15) is 11.4 Å². The SMILES string of the molecule is COc1ccc(NC(=O)CN2CCN(Cc3cccc(C(F)(F)F)c3)CC2)c([N+](=O)[O-])c1. The molecule has 11 heteroatoms. The van der Waals surface area contributed by atoms with Gasteiger partial charge in [-0.05, 0) is 23.8 Å². The Morgan fingerprint density at radius 1 is 1.12 bits per heavy atom. The minimum absolute atomic E-state index is 0.0561. The van der Waals surface area contributed by atoms with Crippen LogP contribution in [0.25, 0.3) is 0 Å². The molecular formula is C21H23F3N4O4. The molecule has 1 N–H and O–H groups in total. The number of alkyl halides is 3. The highest BCUT2D eigenvalue weighted by Gasteiger charge is 2.30. The monoisotopic (exact) mass is 452 g/mol. The molecule has 2 aromatic carbocycles. The minimum atomic E-state index is -4.37. The normalized spacial score (nSPS) is 15.4. The molecule has 1 aliphatic heterocycles. The van der Waals surface area contributed by atoms with Gasteiger partial charge in [0.15, 0.2) is 0 Å². The molecule has 3 rings (SSSR count). The largest absolute Gasteiger partial charge is 0.496 e. The van der Waals surface area contributed by atoms with Crippen LogP contribution in [0.1, 0.15) is 11.1 Å². The summed E-state index contributed by atoms with van der Waals surface area (Å²) in [5.74, 6) is -0.0730. The number of nitrogens with zero attached hydrogens (tertiary/aromatic N) is 3. The molecule has 2 aromatic rings. The summed E-state index contributed by atoms with van der Waals surface area (Å²) < 4.78 is 43.6. The van der Waals surface area contributed by atoms with Gasteiger partial charge in [0.05, 0.1) is 30.2 Å². The van der Waals surface area contributed by atoms with Gasteiger partial charge in [0, 0.05) is 32.7 Å². The van der Waals surface area contributed by atoms with E-state index in [1.54, 1.807) is 6.07 Å². The number of carbonyl (C=O) groups is 1. The predicted molar refractivity (Wildman–Crippen MR) is 111 cm³/mol. The van der Waals surface area contributed by atoms with Gasteiger partial charge in [-0.3, -0.25) is 24.7 Å². The topological polar surface area (TPSA) is 88.0 Å². The smallest absolute Gasteiger partial charge is 0.416 e. The van der Waals surface area contributed by atoms with Crippen molar-refractivity contribution in [2.75, 3.05) is 45.2 Å². The van der Waals surface area contributed by atoms with Crippen molar-refractivity contribution in [3.8, 4) is 5.75 Å². The van der Waals surface area contributed by atoms with Gasteiger partial charge in [-0.25, -0.2) is 0 Å². The number of nitrogens with one attached hydrogen (secondary N) is 1. The van der Waals surface area contributed by atoms with Crippen LogP contribution in [-0.2, 0) is 17.5 Å². The highest BCUT2D eigenvalue weighted by Crippen LogP contribution is 2.30. The Morgan fingerprint density at radius 3 is 2.44 bits per heavy atom. The Labute approximate surface area is 182 Å². The number of methoxy groups -OCH3 is 1. The highest BCUT2D eigenvalue weighted by molar-refractivity contribution is 5.94. The molecule has 0 unspecified atom stereocenters. The van der Waals surface area contributed by atoms with Crippen LogP contribution in [0.5, 0.6) is 5.75 Å². The molecule has 1 fully saturated rings. The lowest BCUT2D eigenvalue weighted by Gasteiger charge is -2.34. The number of ether oxygens (including phenoxy) is 1. The van der Waals surface area contributed by atoms with Gasteiger partial charge in [0.25, 0.3) is 5.69 Å². The maximum absolute atomic E-state index is 12.9. The van der Waals surface area contributed by atoms with Crippen molar-refractivity contribution in [1.82, 2.24) is 9.80 Å². The standard InChI is InChI=1S/C21H23F3N4O4/c1-32-17-5-6-18(19(12-17)28(30)31)25-20(29)14-27-9-7-26(8-10-27)13-15-3-2-4-16(11-15)21(22,23)24/h2-6,11-12H,7-10,13-14H2,1H3,(H,25,29). The number of amides is 1. The van der Waals surface area contributed by atoms with Gasteiger partial charge >= 0.3 is 6.18 Å². The molecule has 8 nitrogen and oxygen atoms in total. The van der Waals surface area contributed by atoms with E-state index >= 15 is 0 Å². The molecule has 0 atom stereocenters. The summed E-state index contributed by atoms with van der Waals surface area (Å²) in [5, 5.41) is 13.8. The second-order valence-corrected chi connectivity index (χ2v) is 7.44. The molecule has 0 aliphatic carbocycles. The fraction of sp³-hybridized carbons (Fsp3) is 0.381. The summed E-state index contributed by atoms with van der Waals surface area (Å²) in [6.45, 7) is 2.73. The zero-order valence-corrected chi connectivity index (χ0v) is 17.4. The van der Waals surface area contributed by atoms with Gasteiger partial charge in [-0.1, -0.05) is 18.2 Å². The summed E-state index contributed by atoms with van der Waals surface area (Å²) in [6, 6.07) is 9.45. The molecule has 172 valence electrons. The zero-order valence-electron chi connectivity index (χ0n) is 17.4. The summed E-state index contributed by atoms with van der Waals surface area (Å²) in [5.41, 5.74) is -0.261. The van der Waals surface area contributed by atoms with Crippen LogP contribution in [0.15, 0.2) is 42.5 Å². The van der Waals surface area contributed by atoms with E-state index in [1.165, 1.54) is 31.4 Å². The first-order chi connectivity index (χ1) is 15.2. The average Bonchev–Trinajstić information content (AvgIpc) is 2.75. The van der Waals surface area contributed by atoms with Crippen molar-refractivity contribution in [1.29, 1.82) is 0 Å². The Bertz CT molecular complexity index is 976. The first-order valence-corrected chi connectivity index (χ1v) is 9.89. The van der Waals surface area contributed by atoms with E-state index in [9.17, 15) is 28.1 Å². The van der Waals surface area contributed by atoms with E-state index < -0.39 is 16.7 Å². The van der Waals surface area contributed by atoms with Crippen LogP contribution in [0.3, 0.4) is 0 Å². The number of rotatable bonds is 7. The molecule has 0 bridgehead atoms. The quantitative estimate of drug-likeness (QED) is 0.512. The van der Waals surface area contributed by atoms with Crippen LogP contribution in [0.4, 0.5) is 24.5 Å². The number of hydrogen-bond acceptors (Lipinski definition) is 6. The molecule has 1 amide bonds. The van der Waals surface area contributed by atoms with Gasteiger partial charge in [-0.15, -0.1) is 0 Å². The van der Waals surface area contributed by atoms with Crippen LogP contribution < -0.4 is 10.1 Å². The number of hydrogen-bond donors (Lipinski definition) is 1. The van der Waals surface area contributed by atoms with E-state index in [0.29, 0.717) is 44.0 Å². The first kappa shape index (κ1) is 23.5. The summed E-state index contributed by atoms with van der Waals surface area (Å²) in [6.07, 6.45) is -4.37. The number of piperazine rings is 1. The molecule has 1 heterocycles. The van der Waals surface area contributed by atoms with E-state index in [0.717, 1.165) is 12.1 Å². The van der Waals surface area contributed by atoms with Crippen molar-refractivity contribution in [3.63, 3.8) is 0 Å². The second kappa shape index (κ2) is 9.96. The van der Waals surface area contributed by atoms with Crippen LogP contribution in [0.2, 0.25) is 0 Å². The lowest BCUT2D eigenvalue weighted by atomic mass is 10.1. The molecular weight excluding hydrogens is 429 g/mol. The fourth-order valence-electron chi connectivity index (χ4n) is 3.50. The minimum Gasteiger partial charge on any atom is -0.496 e. The lowest BCUT2D eigenvalue weighted by Crippen LogP contribution is -2.48. The third kappa shape index (κ3) is 6.17. The first-order valence-electron chi connectivity index (χ1n) is 9.89. The summed E-state index contributed by atoms with van der Waals surface area (Å²) >= 11 is 0. The Kier molecular flexibility index (Phi) is 7.31. The molecule has 0 radical (unpaired) electrons. The third-order valence-electron chi connectivity index (χ3n) is 5.17. The van der Waals surface area contributed by atoms with E-state index in [1.807, 2.05) is 9.80 Å². The summed E-state index contributed by atoms with van der Waals surface area (Å²) in [4.78, 5) is 27.0. The Morgan fingerprint density at radius 2 is 1.81 bits per heavy atom. The number of halogens is 3. The number of nitro groups is 1. The summed E-state index contributed by atoms with van der Waals surface area (Å²) in [7, 11) is 1.39. The number of carbonyl (C=O) groups excluding carboxylic acids is 1. The number of anilines is 1. The van der Waals surface area contributed by atoms with Crippen LogP contribution in [0, 0.1) is 10.1 Å². The van der Waals surface area contributed by atoms with Crippen molar-refractivity contribution in [3.05, 3.63) is 63.7 Å². The van der Waals surface area contributed by atoms with Crippen LogP contribution in [-0.4, -0.2) is 60.5 Å². The molecule has 1 saturated heterocycles. The van der Waals surface area contributed by atoms with Crippen molar-refractivity contribution in [2.45, 2.75) is 12.7 Å². The van der Waals surface area contributed by atoms with Crippen molar-refractivity contribution < 1.29 is 27.6 Å². The van der Waals surface area contributed by atoms with Crippen molar-refractivity contribution in [2.24, 2.45) is 0 Å². The second-order valence-electron chi connectivity index (χ2n) is 7.44. The van der Waals surface area contributed by atoms with E-state index in [4.69, 9.17) is 4.74 Å². The molecule has 0 saturated carbocycles. The van der Waals surface area contributed by atoms with Gasteiger partial charge < -0.3 is 10.1 Å². The molecule has 0 spiro atoms. The molecule has 32 heavy (non-hydrogen) atoms. The number of nitro benzene ring substituents is 1. The number of benzene rings is 2.